The molecular formula is C26H24N6OS. The molecule has 5 rings (SSSR count). The molecule has 0 aliphatic heterocycles. The van der Waals surface area contributed by atoms with Gasteiger partial charge in [0.2, 0.25) is 5.91 Å². The second kappa shape index (κ2) is 9.52. The zero-order valence-corrected chi connectivity index (χ0v) is 19.6. The Hall–Kier alpha value is -3.91. The molecule has 3 heterocycles. The maximum Gasteiger partial charge on any atom is 0.234 e. The maximum absolute atomic E-state index is 12.8. The highest BCUT2D eigenvalue weighted by Crippen LogP contribution is 2.31. The standard InChI is InChI=1S/C26H24N6OS/c1-3-15-32-25(18-11-13-27-14-12-18)29-30-26(32)34-17-24(33)28-19-9-10-23-21(16-19)20-7-5-6-8-22(20)31(23)4-2/h3,5-14,16H,1,4,15,17H2,2H3,(H,28,33). The summed E-state index contributed by atoms with van der Waals surface area (Å²) in [5.41, 5.74) is 4.06. The minimum absolute atomic E-state index is 0.0952. The number of aryl methyl sites for hydroxylation is 1. The predicted molar refractivity (Wildman–Crippen MR) is 138 cm³/mol. The first kappa shape index (κ1) is 21.9. The fraction of sp³-hybridized carbons (Fsp3) is 0.154. The number of aromatic nitrogens is 5. The molecule has 0 aliphatic carbocycles. The highest BCUT2D eigenvalue weighted by Gasteiger charge is 2.16. The lowest BCUT2D eigenvalue weighted by atomic mass is 10.1. The van der Waals surface area contributed by atoms with E-state index < -0.39 is 0 Å². The van der Waals surface area contributed by atoms with E-state index in [0.717, 1.165) is 34.5 Å². The van der Waals surface area contributed by atoms with Gasteiger partial charge in [-0.3, -0.25) is 14.3 Å². The predicted octanol–water partition coefficient (Wildman–Crippen LogP) is 5.38. The van der Waals surface area contributed by atoms with Crippen LogP contribution in [-0.2, 0) is 17.9 Å². The number of fused-ring (bicyclic) bond motifs is 3. The number of thioether (sulfide) groups is 1. The van der Waals surface area contributed by atoms with Gasteiger partial charge in [0, 0.05) is 58.5 Å². The molecule has 0 saturated heterocycles. The normalized spacial score (nSPS) is 11.2. The number of carbonyl (C=O) groups is 1. The van der Waals surface area contributed by atoms with Crippen LogP contribution in [0.1, 0.15) is 6.92 Å². The number of allylic oxidation sites excluding steroid dienone is 1. The zero-order chi connectivity index (χ0) is 23.5. The number of hydrogen-bond donors (Lipinski definition) is 1. The SMILES string of the molecule is C=CCn1c(SCC(=O)Nc2ccc3c(c2)c2ccccc2n3CC)nnc1-c1ccncc1. The summed E-state index contributed by atoms with van der Waals surface area (Å²) >= 11 is 1.35. The van der Waals surface area contributed by atoms with Crippen LogP contribution < -0.4 is 5.32 Å². The van der Waals surface area contributed by atoms with Crippen molar-refractivity contribution in [2.75, 3.05) is 11.1 Å². The number of anilines is 1. The van der Waals surface area contributed by atoms with Gasteiger partial charge in [-0.2, -0.15) is 0 Å². The number of benzene rings is 2. The molecule has 0 bridgehead atoms. The van der Waals surface area contributed by atoms with Crippen LogP contribution in [0.4, 0.5) is 5.69 Å². The average molecular weight is 469 g/mol. The minimum Gasteiger partial charge on any atom is -0.341 e. The molecule has 3 aromatic heterocycles. The quantitative estimate of drug-likeness (QED) is 0.244. The third kappa shape index (κ3) is 4.08. The highest BCUT2D eigenvalue weighted by molar-refractivity contribution is 7.99. The van der Waals surface area contributed by atoms with Crippen molar-refractivity contribution < 1.29 is 4.79 Å². The van der Waals surface area contributed by atoms with Gasteiger partial charge in [-0.15, -0.1) is 16.8 Å². The topological polar surface area (TPSA) is 77.6 Å². The second-order valence-corrected chi connectivity index (χ2v) is 8.71. The number of amides is 1. The van der Waals surface area contributed by atoms with Crippen molar-refractivity contribution in [3.05, 3.63) is 79.6 Å². The molecule has 34 heavy (non-hydrogen) atoms. The molecule has 8 heteroatoms. The number of pyridine rings is 1. The third-order valence-electron chi connectivity index (χ3n) is 5.67. The third-order valence-corrected chi connectivity index (χ3v) is 6.64. The van der Waals surface area contributed by atoms with Crippen LogP contribution in [0, 0.1) is 0 Å². The van der Waals surface area contributed by atoms with Crippen molar-refractivity contribution in [3.63, 3.8) is 0 Å². The van der Waals surface area contributed by atoms with E-state index in [1.54, 1.807) is 18.5 Å². The molecule has 2 aromatic carbocycles. The summed E-state index contributed by atoms with van der Waals surface area (Å²) in [4.78, 5) is 16.8. The number of hydrogen-bond acceptors (Lipinski definition) is 5. The fourth-order valence-electron chi connectivity index (χ4n) is 4.20. The minimum atomic E-state index is -0.0952. The van der Waals surface area contributed by atoms with Gasteiger partial charge in [-0.05, 0) is 43.3 Å². The Balaban J connectivity index is 1.34. The van der Waals surface area contributed by atoms with Crippen LogP contribution in [0.5, 0.6) is 0 Å². The summed E-state index contributed by atoms with van der Waals surface area (Å²) in [6.07, 6.45) is 5.23. The second-order valence-electron chi connectivity index (χ2n) is 7.77. The lowest BCUT2D eigenvalue weighted by Crippen LogP contribution is -2.14. The first-order chi connectivity index (χ1) is 16.7. The van der Waals surface area contributed by atoms with Crippen LogP contribution in [0.2, 0.25) is 0 Å². The van der Waals surface area contributed by atoms with Gasteiger partial charge in [-0.25, -0.2) is 0 Å². The van der Waals surface area contributed by atoms with Crippen molar-refractivity contribution in [2.24, 2.45) is 0 Å². The fourth-order valence-corrected chi connectivity index (χ4v) is 4.95. The van der Waals surface area contributed by atoms with E-state index in [2.05, 4.69) is 62.8 Å². The number of rotatable bonds is 8. The zero-order valence-electron chi connectivity index (χ0n) is 18.8. The van der Waals surface area contributed by atoms with E-state index in [4.69, 9.17) is 0 Å². The molecule has 170 valence electrons. The monoisotopic (exact) mass is 468 g/mol. The van der Waals surface area contributed by atoms with Crippen molar-refractivity contribution in [2.45, 2.75) is 25.2 Å². The molecule has 0 fully saturated rings. The molecule has 0 atom stereocenters. The summed E-state index contributed by atoms with van der Waals surface area (Å²) in [5.74, 6) is 0.852. The van der Waals surface area contributed by atoms with Crippen molar-refractivity contribution >= 4 is 45.2 Å². The number of carbonyl (C=O) groups excluding carboxylic acids is 1. The van der Waals surface area contributed by atoms with E-state index in [9.17, 15) is 4.79 Å². The molecule has 0 aliphatic rings. The first-order valence-corrected chi connectivity index (χ1v) is 12.1. The largest absolute Gasteiger partial charge is 0.341 e. The Morgan fingerprint density at radius 1 is 1.03 bits per heavy atom. The Labute approximate surface area is 201 Å². The average Bonchev–Trinajstić information content (AvgIpc) is 3.42. The molecule has 0 saturated carbocycles. The van der Waals surface area contributed by atoms with Gasteiger partial charge < -0.3 is 9.88 Å². The Morgan fingerprint density at radius 3 is 2.62 bits per heavy atom. The summed E-state index contributed by atoms with van der Waals surface area (Å²) in [5, 5.41) is 14.6. The number of nitrogens with zero attached hydrogens (tertiary/aromatic N) is 5. The van der Waals surface area contributed by atoms with Crippen LogP contribution in [0.25, 0.3) is 33.2 Å². The molecule has 0 spiro atoms. The van der Waals surface area contributed by atoms with Gasteiger partial charge in [0.1, 0.15) is 0 Å². The van der Waals surface area contributed by atoms with Gasteiger partial charge in [0.25, 0.3) is 0 Å². The van der Waals surface area contributed by atoms with Crippen molar-refractivity contribution in [3.8, 4) is 11.4 Å². The molecule has 1 N–H and O–H groups in total. The number of para-hydroxylation sites is 1. The van der Waals surface area contributed by atoms with E-state index in [0.29, 0.717) is 11.7 Å². The highest BCUT2D eigenvalue weighted by atomic mass is 32.2. The van der Waals surface area contributed by atoms with E-state index >= 15 is 0 Å². The molecule has 5 aromatic rings. The lowest BCUT2D eigenvalue weighted by Gasteiger charge is -2.08. The van der Waals surface area contributed by atoms with E-state index in [1.807, 2.05) is 34.9 Å². The summed E-state index contributed by atoms with van der Waals surface area (Å²) in [6, 6.07) is 18.2. The molecular weight excluding hydrogens is 444 g/mol. The summed E-state index contributed by atoms with van der Waals surface area (Å²) in [7, 11) is 0. The summed E-state index contributed by atoms with van der Waals surface area (Å²) < 4.78 is 4.24. The first-order valence-electron chi connectivity index (χ1n) is 11.1. The molecule has 0 unspecified atom stereocenters. The van der Waals surface area contributed by atoms with Crippen LogP contribution in [-0.4, -0.2) is 36.0 Å². The van der Waals surface area contributed by atoms with Gasteiger partial charge >= 0.3 is 0 Å². The Bertz CT molecular complexity index is 1490. The van der Waals surface area contributed by atoms with Gasteiger partial charge in [0.05, 0.1) is 5.75 Å². The lowest BCUT2D eigenvalue weighted by molar-refractivity contribution is -0.113. The van der Waals surface area contributed by atoms with Crippen LogP contribution in [0.3, 0.4) is 0 Å². The smallest absolute Gasteiger partial charge is 0.234 e. The molecule has 1 amide bonds. The van der Waals surface area contributed by atoms with Gasteiger partial charge in [0.15, 0.2) is 11.0 Å². The van der Waals surface area contributed by atoms with Crippen LogP contribution >= 0.6 is 11.8 Å². The van der Waals surface area contributed by atoms with E-state index in [-0.39, 0.29) is 11.7 Å². The van der Waals surface area contributed by atoms with Crippen molar-refractivity contribution in [1.82, 2.24) is 24.3 Å². The Kier molecular flexibility index (Phi) is 6.14. The van der Waals surface area contributed by atoms with Crippen molar-refractivity contribution in [1.29, 1.82) is 0 Å². The maximum atomic E-state index is 12.8. The van der Waals surface area contributed by atoms with Gasteiger partial charge in [-0.1, -0.05) is 36.0 Å². The van der Waals surface area contributed by atoms with Crippen LogP contribution in [0.15, 0.2) is 84.8 Å². The molecule has 7 nitrogen and oxygen atoms in total. The summed E-state index contributed by atoms with van der Waals surface area (Å²) in [6.45, 7) is 7.42. The Morgan fingerprint density at radius 2 is 1.82 bits per heavy atom. The number of nitrogens with one attached hydrogen (secondary N) is 1. The van der Waals surface area contributed by atoms with E-state index in [1.165, 1.54) is 22.7 Å². The molecule has 0 radical (unpaired) electrons.